The van der Waals surface area contributed by atoms with Crippen molar-refractivity contribution in [2.45, 2.75) is 13.0 Å². The van der Waals surface area contributed by atoms with Crippen LogP contribution in [0.2, 0.25) is 5.02 Å². The second-order valence-corrected chi connectivity index (χ2v) is 7.11. The van der Waals surface area contributed by atoms with Gasteiger partial charge in [0.15, 0.2) is 0 Å². The average Bonchev–Trinajstić information content (AvgIpc) is 3.23. The minimum atomic E-state index is -0.336. The van der Waals surface area contributed by atoms with Gasteiger partial charge in [-0.05, 0) is 36.0 Å². The number of allylic oxidation sites excluding steroid dienone is 2. The van der Waals surface area contributed by atoms with Crippen LogP contribution in [0.1, 0.15) is 12.0 Å². The number of imide groups is 1. The zero-order valence-electron chi connectivity index (χ0n) is 12.9. The Kier molecular flexibility index (Phi) is 3.68. The van der Waals surface area contributed by atoms with Gasteiger partial charge in [-0.2, -0.15) is 0 Å². The highest BCUT2D eigenvalue weighted by Crippen LogP contribution is 2.52. The summed E-state index contributed by atoms with van der Waals surface area (Å²) in [6.45, 7) is 0.111. The molecule has 6 heteroatoms. The predicted molar refractivity (Wildman–Crippen MR) is 87.7 cm³/mol. The molecule has 1 aromatic rings. The fourth-order valence-electron chi connectivity index (χ4n) is 4.17. The topological polar surface area (TPSA) is 66.5 Å². The van der Waals surface area contributed by atoms with Gasteiger partial charge in [-0.15, -0.1) is 0 Å². The molecule has 4 rings (SSSR count). The number of nitrogens with zero attached hydrogens (tertiary/aromatic N) is 1. The third kappa shape index (κ3) is 2.44. The van der Waals surface area contributed by atoms with Gasteiger partial charge in [-0.25, -0.2) is 0 Å². The summed E-state index contributed by atoms with van der Waals surface area (Å²) in [6, 6.07) is 7.19. The number of fused-ring (bicyclic) bond motifs is 5. The van der Waals surface area contributed by atoms with Crippen molar-refractivity contribution in [3.63, 3.8) is 0 Å². The number of nitrogens with one attached hydrogen (secondary N) is 1. The highest BCUT2D eigenvalue weighted by molar-refractivity contribution is 6.30. The number of likely N-dealkylation sites (tertiary alicyclic amines) is 1. The monoisotopic (exact) mass is 344 g/mol. The maximum absolute atomic E-state index is 12.5. The number of hydrogen-bond acceptors (Lipinski definition) is 3. The van der Waals surface area contributed by atoms with Crippen LogP contribution in [-0.2, 0) is 20.9 Å². The van der Waals surface area contributed by atoms with Crippen LogP contribution in [0, 0.1) is 23.7 Å². The van der Waals surface area contributed by atoms with E-state index >= 15 is 0 Å². The summed E-state index contributed by atoms with van der Waals surface area (Å²) in [6.07, 6.45) is 4.97. The molecule has 1 saturated heterocycles. The molecule has 2 fully saturated rings. The summed E-state index contributed by atoms with van der Waals surface area (Å²) in [5.74, 6) is -0.912. The molecule has 1 N–H and O–H groups in total. The van der Waals surface area contributed by atoms with Crippen LogP contribution < -0.4 is 5.32 Å². The molecule has 0 aromatic heterocycles. The van der Waals surface area contributed by atoms with E-state index in [1.165, 1.54) is 0 Å². The van der Waals surface area contributed by atoms with Crippen LogP contribution in [0.5, 0.6) is 0 Å². The fourth-order valence-corrected chi connectivity index (χ4v) is 4.38. The first-order valence-electron chi connectivity index (χ1n) is 8.09. The van der Waals surface area contributed by atoms with Crippen molar-refractivity contribution in [1.82, 2.24) is 10.2 Å². The van der Waals surface area contributed by atoms with Crippen molar-refractivity contribution >= 4 is 29.3 Å². The summed E-state index contributed by atoms with van der Waals surface area (Å²) >= 11 is 5.91. The summed E-state index contributed by atoms with van der Waals surface area (Å²) in [7, 11) is 0. The van der Waals surface area contributed by atoms with E-state index in [2.05, 4.69) is 5.32 Å². The van der Waals surface area contributed by atoms with E-state index in [1.807, 2.05) is 18.2 Å². The Balaban J connectivity index is 1.38. The van der Waals surface area contributed by atoms with Crippen molar-refractivity contribution in [3.8, 4) is 0 Å². The zero-order chi connectivity index (χ0) is 16.8. The molecule has 24 heavy (non-hydrogen) atoms. The molecule has 4 unspecified atom stereocenters. The Labute approximate surface area is 144 Å². The van der Waals surface area contributed by atoms with Crippen molar-refractivity contribution in [1.29, 1.82) is 0 Å². The first-order chi connectivity index (χ1) is 11.5. The van der Waals surface area contributed by atoms with Crippen molar-refractivity contribution in [2.24, 2.45) is 23.7 Å². The van der Waals surface area contributed by atoms with Crippen LogP contribution >= 0.6 is 11.6 Å². The molecule has 0 radical (unpaired) electrons. The van der Waals surface area contributed by atoms with Gasteiger partial charge in [-0.3, -0.25) is 19.3 Å². The Morgan fingerprint density at radius 2 is 1.83 bits per heavy atom. The van der Waals surface area contributed by atoms with E-state index in [0.717, 1.165) is 16.9 Å². The zero-order valence-corrected chi connectivity index (χ0v) is 13.7. The number of carbonyl (C=O) groups is 3. The lowest BCUT2D eigenvalue weighted by Gasteiger charge is -2.16. The van der Waals surface area contributed by atoms with Gasteiger partial charge in [0.1, 0.15) is 6.54 Å². The molecule has 1 aliphatic heterocycles. The number of benzene rings is 1. The number of halogens is 1. The van der Waals surface area contributed by atoms with Crippen LogP contribution in [0.4, 0.5) is 0 Å². The SMILES string of the molecule is O=C(CN1C(=O)C2C3C=CC(C3)C2C1=O)NCc1cccc(Cl)c1. The van der Waals surface area contributed by atoms with E-state index < -0.39 is 0 Å². The number of rotatable bonds is 4. The molecule has 3 aliphatic rings. The van der Waals surface area contributed by atoms with Gasteiger partial charge < -0.3 is 5.32 Å². The lowest BCUT2D eigenvalue weighted by molar-refractivity contribution is -0.144. The van der Waals surface area contributed by atoms with Crippen molar-refractivity contribution in [3.05, 3.63) is 47.0 Å². The van der Waals surface area contributed by atoms with Gasteiger partial charge in [0.05, 0.1) is 11.8 Å². The standard InChI is InChI=1S/C18H17ClN2O3/c19-13-3-1-2-10(6-13)8-20-14(22)9-21-17(23)15-11-4-5-12(7-11)16(15)18(21)24/h1-6,11-12,15-16H,7-9H2,(H,20,22). The first-order valence-corrected chi connectivity index (χ1v) is 8.47. The minimum Gasteiger partial charge on any atom is -0.350 e. The van der Waals surface area contributed by atoms with E-state index in [1.54, 1.807) is 18.2 Å². The largest absolute Gasteiger partial charge is 0.350 e. The molecular formula is C18H17ClN2O3. The molecule has 1 saturated carbocycles. The Bertz CT molecular complexity index is 730. The van der Waals surface area contributed by atoms with Gasteiger partial charge in [-0.1, -0.05) is 35.9 Å². The molecule has 0 spiro atoms. The van der Waals surface area contributed by atoms with Gasteiger partial charge in [0, 0.05) is 11.6 Å². The molecule has 124 valence electrons. The van der Waals surface area contributed by atoms with E-state index in [0.29, 0.717) is 11.6 Å². The lowest BCUT2D eigenvalue weighted by Crippen LogP contribution is -2.41. The fraction of sp³-hybridized carbons (Fsp3) is 0.389. The third-order valence-corrected chi connectivity index (χ3v) is 5.48. The smallest absolute Gasteiger partial charge is 0.240 e. The molecule has 2 bridgehead atoms. The normalized spacial score (nSPS) is 30.1. The van der Waals surface area contributed by atoms with E-state index in [9.17, 15) is 14.4 Å². The maximum atomic E-state index is 12.5. The quantitative estimate of drug-likeness (QED) is 0.668. The molecule has 2 aliphatic carbocycles. The molecule has 1 aromatic carbocycles. The Morgan fingerprint density at radius 3 is 2.46 bits per heavy atom. The van der Waals surface area contributed by atoms with Crippen LogP contribution in [0.3, 0.4) is 0 Å². The second-order valence-electron chi connectivity index (χ2n) is 6.67. The molecular weight excluding hydrogens is 328 g/mol. The van der Waals surface area contributed by atoms with Crippen LogP contribution in [0.25, 0.3) is 0 Å². The average molecular weight is 345 g/mol. The minimum absolute atomic E-state index is 0.163. The predicted octanol–water partition coefficient (Wildman–Crippen LogP) is 1.76. The number of hydrogen-bond donors (Lipinski definition) is 1. The highest BCUT2D eigenvalue weighted by Gasteiger charge is 2.59. The molecule has 1 heterocycles. The second kappa shape index (κ2) is 5.74. The summed E-state index contributed by atoms with van der Waals surface area (Å²) in [4.78, 5) is 38.3. The van der Waals surface area contributed by atoms with Crippen molar-refractivity contribution < 1.29 is 14.4 Å². The van der Waals surface area contributed by atoms with Crippen LogP contribution in [0.15, 0.2) is 36.4 Å². The first kappa shape index (κ1) is 15.4. The van der Waals surface area contributed by atoms with Crippen LogP contribution in [-0.4, -0.2) is 29.2 Å². The van der Waals surface area contributed by atoms with Gasteiger partial charge in [0.25, 0.3) is 0 Å². The Hall–Kier alpha value is -2.14. The molecule has 3 amide bonds. The third-order valence-electron chi connectivity index (χ3n) is 5.24. The summed E-state index contributed by atoms with van der Waals surface area (Å²) in [5.41, 5.74) is 0.869. The van der Waals surface area contributed by atoms with E-state index in [4.69, 9.17) is 11.6 Å². The Morgan fingerprint density at radius 1 is 1.17 bits per heavy atom. The number of amides is 3. The lowest BCUT2D eigenvalue weighted by atomic mass is 9.85. The number of carbonyl (C=O) groups excluding carboxylic acids is 3. The van der Waals surface area contributed by atoms with Gasteiger partial charge in [0.2, 0.25) is 17.7 Å². The maximum Gasteiger partial charge on any atom is 0.240 e. The molecule has 4 atom stereocenters. The molecule has 5 nitrogen and oxygen atoms in total. The van der Waals surface area contributed by atoms with E-state index in [-0.39, 0.29) is 47.9 Å². The summed E-state index contributed by atoms with van der Waals surface area (Å²) < 4.78 is 0. The highest BCUT2D eigenvalue weighted by atomic mass is 35.5. The van der Waals surface area contributed by atoms with Crippen molar-refractivity contribution in [2.75, 3.05) is 6.54 Å². The van der Waals surface area contributed by atoms with Gasteiger partial charge >= 0.3 is 0 Å². The summed E-state index contributed by atoms with van der Waals surface area (Å²) in [5, 5.41) is 3.34.